The third-order valence-electron chi connectivity index (χ3n) is 3.38. The highest BCUT2D eigenvalue weighted by molar-refractivity contribution is 7.09. The zero-order chi connectivity index (χ0) is 16.8. The summed E-state index contributed by atoms with van der Waals surface area (Å²) in [5.41, 5.74) is 8.11. The molecule has 2 heterocycles. The van der Waals surface area contributed by atoms with Crippen LogP contribution in [0.1, 0.15) is 22.3 Å². The molecule has 1 unspecified atom stereocenters. The van der Waals surface area contributed by atoms with E-state index in [0.717, 1.165) is 11.4 Å². The van der Waals surface area contributed by atoms with Gasteiger partial charge in [0.05, 0.1) is 18.2 Å². The van der Waals surface area contributed by atoms with Gasteiger partial charge < -0.3 is 11.1 Å². The van der Waals surface area contributed by atoms with Gasteiger partial charge in [0.1, 0.15) is 17.2 Å². The van der Waals surface area contributed by atoms with E-state index in [0.29, 0.717) is 11.5 Å². The molecule has 0 saturated heterocycles. The van der Waals surface area contributed by atoms with Crippen molar-refractivity contribution in [2.24, 2.45) is 5.73 Å². The predicted octanol–water partition coefficient (Wildman–Crippen LogP) is 2.36. The molecule has 0 fully saturated rings. The van der Waals surface area contributed by atoms with Crippen molar-refractivity contribution in [2.45, 2.75) is 18.9 Å². The highest BCUT2D eigenvalue weighted by Crippen LogP contribution is 2.20. The number of thiazole rings is 1. The number of anilines is 1. The molecule has 6 nitrogen and oxygen atoms in total. The number of rotatable bonds is 6. The predicted molar refractivity (Wildman–Crippen MR) is 93.6 cm³/mol. The second-order valence-electron chi connectivity index (χ2n) is 5.29. The van der Waals surface area contributed by atoms with Crippen molar-refractivity contribution in [3.8, 4) is 0 Å². The highest BCUT2D eigenvalue weighted by atomic mass is 32.1. The summed E-state index contributed by atoms with van der Waals surface area (Å²) in [5, 5.41) is 5.42. The topological polar surface area (TPSA) is 93.8 Å². The van der Waals surface area contributed by atoms with Crippen molar-refractivity contribution >= 4 is 23.1 Å². The zero-order valence-corrected chi connectivity index (χ0v) is 13.7. The van der Waals surface area contributed by atoms with Crippen LogP contribution in [0.5, 0.6) is 0 Å². The maximum atomic E-state index is 12.0. The monoisotopic (exact) mass is 339 g/mol. The van der Waals surface area contributed by atoms with E-state index in [1.807, 2.05) is 35.7 Å². The van der Waals surface area contributed by atoms with Gasteiger partial charge in [-0.15, -0.1) is 11.3 Å². The molecular formula is C17H17N5OS. The number of carbonyl (C=O) groups excluding carboxylic acids is 1. The molecule has 0 spiro atoms. The normalized spacial score (nSPS) is 11.9. The number of aromatic nitrogens is 3. The molecule has 0 aliphatic rings. The van der Waals surface area contributed by atoms with Crippen LogP contribution in [0.25, 0.3) is 0 Å². The lowest BCUT2D eigenvalue weighted by Crippen LogP contribution is -2.16. The van der Waals surface area contributed by atoms with Crippen molar-refractivity contribution in [1.29, 1.82) is 0 Å². The largest absolute Gasteiger partial charge is 0.322 e. The van der Waals surface area contributed by atoms with Crippen molar-refractivity contribution in [2.75, 3.05) is 5.32 Å². The minimum atomic E-state index is -0.170. The first-order chi connectivity index (χ1) is 11.7. The van der Waals surface area contributed by atoms with Gasteiger partial charge in [-0.1, -0.05) is 30.3 Å². The number of nitrogens with two attached hydrogens (primary N) is 1. The van der Waals surface area contributed by atoms with E-state index in [9.17, 15) is 4.79 Å². The molecule has 3 aromatic rings. The number of nitrogens with one attached hydrogen (secondary N) is 1. The Morgan fingerprint density at radius 2 is 2.08 bits per heavy atom. The van der Waals surface area contributed by atoms with Gasteiger partial charge in [-0.05, 0) is 18.1 Å². The summed E-state index contributed by atoms with van der Waals surface area (Å²) in [4.78, 5) is 24.3. The number of hydrogen-bond acceptors (Lipinski definition) is 6. The van der Waals surface area contributed by atoms with E-state index < -0.39 is 0 Å². The van der Waals surface area contributed by atoms with Crippen LogP contribution < -0.4 is 11.1 Å². The molecule has 1 atom stereocenters. The van der Waals surface area contributed by atoms with Gasteiger partial charge in [0.2, 0.25) is 5.91 Å². The Morgan fingerprint density at radius 3 is 2.83 bits per heavy atom. The molecule has 3 rings (SSSR count). The lowest BCUT2D eigenvalue weighted by atomic mass is 10.1. The first-order valence-corrected chi connectivity index (χ1v) is 8.38. The van der Waals surface area contributed by atoms with Crippen molar-refractivity contribution in [3.05, 3.63) is 70.6 Å². The SMILES string of the molecule is NC(Cc1ccccc1)c1nc(CC(=O)Nc2ccncn2)cs1. The van der Waals surface area contributed by atoms with Crippen LogP contribution in [0.3, 0.4) is 0 Å². The van der Waals surface area contributed by atoms with Crippen LogP contribution in [-0.2, 0) is 17.6 Å². The number of hydrogen-bond donors (Lipinski definition) is 2. The molecule has 2 aromatic heterocycles. The van der Waals surface area contributed by atoms with Crippen molar-refractivity contribution < 1.29 is 4.79 Å². The molecule has 122 valence electrons. The Morgan fingerprint density at radius 1 is 1.25 bits per heavy atom. The van der Waals surface area contributed by atoms with E-state index in [1.165, 1.54) is 23.2 Å². The summed E-state index contributed by atoms with van der Waals surface area (Å²) >= 11 is 1.48. The van der Waals surface area contributed by atoms with Gasteiger partial charge in [-0.2, -0.15) is 0 Å². The Labute approximate surface area is 143 Å². The molecule has 1 amide bonds. The third kappa shape index (κ3) is 4.43. The maximum absolute atomic E-state index is 12.0. The Bertz CT molecular complexity index is 791. The fourth-order valence-electron chi connectivity index (χ4n) is 2.25. The lowest BCUT2D eigenvalue weighted by molar-refractivity contribution is -0.115. The smallest absolute Gasteiger partial charge is 0.231 e. The first-order valence-electron chi connectivity index (χ1n) is 7.50. The number of nitrogens with zero attached hydrogens (tertiary/aromatic N) is 3. The standard InChI is InChI=1S/C17H17N5OS/c18-14(8-12-4-2-1-3-5-12)17-21-13(10-24-17)9-16(23)22-15-6-7-19-11-20-15/h1-7,10-11,14H,8-9,18H2,(H,19,20,22,23). The summed E-state index contributed by atoms with van der Waals surface area (Å²) in [7, 11) is 0. The molecule has 24 heavy (non-hydrogen) atoms. The molecule has 7 heteroatoms. The van der Waals surface area contributed by atoms with Crippen LogP contribution >= 0.6 is 11.3 Å². The van der Waals surface area contributed by atoms with Gasteiger partial charge in [0.15, 0.2) is 0 Å². The van der Waals surface area contributed by atoms with Gasteiger partial charge in [0.25, 0.3) is 0 Å². The van der Waals surface area contributed by atoms with Crippen LogP contribution in [0, 0.1) is 0 Å². The van der Waals surface area contributed by atoms with Crippen LogP contribution in [0.4, 0.5) is 5.82 Å². The Kier molecular flexibility index (Phi) is 5.25. The van der Waals surface area contributed by atoms with E-state index in [4.69, 9.17) is 5.73 Å². The molecule has 0 aliphatic heterocycles. The molecule has 1 aromatic carbocycles. The summed E-state index contributed by atoms with van der Waals surface area (Å²) < 4.78 is 0. The Balaban J connectivity index is 1.58. The minimum absolute atomic E-state index is 0.165. The van der Waals surface area contributed by atoms with Gasteiger partial charge in [-0.25, -0.2) is 15.0 Å². The van der Waals surface area contributed by atoms with E-state index in [1.54, 1.807) is 12.3 Å². The molecule has 0 bridgehead atoms. The average molecular weight is 339 g/mol. The van der Waals surface area contributed by atoms with E-state index in [2.05, 4.69) is 20.3 Å². The Hall–Kier alpha value is -2.64. The van der Waals surface area contributed by atoms with E-state index >= 15 is 0 Å². The summed E-state index contributed by atoms with van der Waals surface area (Å²) in [6.45, 7) is 0. The van der Waals surface area contributed by atoms with Crippen molar-refractivity contribution in [1.82, 2.24) is 15.0 Å². The lowest BCUT2D eigenvalue weighted by Gasteiger charge is -2.08. The number of carbonyl (C=O) groups is 1. The fraction of sp³-hybridized carbons (Fsp3) is 0.176. The van der Waals surface area contributed by atoms with Crippen LogP contribution in [-0.4, -0.2) is 20.9 Å². The summed E-state index contributed by atoms with van der Waals surface area (Å²) in [6.07, 6.45) is 3.88. The third-order valence-corrected chi connectivity index (χ3v) is 4.40. The maximum Gasteiger partial charge on any atom is 0.231 e. The molecule has 0 aliphatic carbocycles. The van der Waals surface area contributed by atoms with Crippen LogP contribution in [0.15, 0.2) is 54.3 Å². The highest BCUT2D eigenvalue weighted by Gasteiger charge is 2.14. The quantitative estimate of drug-likeness (QED) is 0.719. The zero-order valence-electron chi connectivity index (χ0n) is 12.9. The minimum Gasteiger partial charge on any atom is -0.322 e. The van der Waals surface area contributed by atoms with Gasteiger partial charge in [-0.3, -0.25) is 4.79 Å². The van der Waals surface area contributed by atoms with Crippen molar-refractivity contribution in [3.63, 3.8) is 0 Å². The molecular weight excluding hydrogens is 322 g/mol. The second-order valence-corrected chi connectivity index (χ2v) is 6.18. The molecule has 0 saturated carbocycles. The fourth-order valence-corrected chi connectivity index (χ4v) is 3.07. The van der Waals surface area contributed by atoms with E-state index in [-0.39, 0.29) is 18.4 Å². The van der Waals surface area contributed by atoms with Crippen LogP contribution in [0.2, 0.25) is 0 Å². The molecule has 3 N–H and O–H groups in total. The number of benzene rings is 1. The average Bonchev–Trinajstić information content (AvgIpc) is 3.05. The van der Waals surface area contributed by atoms with Gasteiger partial charge >= 0.3 is 0 Å². The first kappa shape index (κ1) is 16.2. The second kappa shape index (κ2) is 7.76. The van der Waals surface area contributed by atoms with Gasteiger partial charge in [0, 0.05) is 11.6 Å². The number of amides is 1. The summed E-state index contributed by atoms with van der Waals surface area (Å²) in [6, 6.07) is 11.5. The molecule has 0 radical (unpaired) electrons. The summed E-state index contributed by atoms with van der Waals surface area (Å²) in [5.74, 6) is 0.313.